The molecule has 0 aliphatic heterocycles. The average molecular weight is 383 g/mol. The molecule has 1 aromatic carbocycles. The molecule has 0 radical (unpaired) electrons. The second kappa shape index (κ2) is 6.45. The van der Waals surface area contributed by atoms with Crippen molar-refractivity contribution in [1.82, 2.24) is 4.90 Å². The van der Waals surface area contributed by atoms with Gasteiger partial charge in [0.25, 0.3) is 15.0 Å². The normalized spacial score (nSPS) is 13.1. The van der Waals surface area contributed by atoms with Gasteiger partial charge in [0.05, 0.1) is 4.90 Å². The molecule has 0 heterocycles. The lowest BCUT2D eigenvalue weighted by molar-refractivity contribution is 0.0739. The molecular formula is C13H17BrClNO3S. The van der Waals surface area contributed by atoms with Crippen LogP contribution in [0, 0.1) is 6.92 Å². The van der Waals surface area contributed by atoms with Crippen molar-refractivity contribution in [2.75, 3.05) is 7.05 Å². The Morgan fingerprint density at radius 2 is 2.00 bits per heavy atom. The standard InChI is InChI=1S/C13H17BrClNO3S/c1-5-8(2)16(4)13(17)11-6-10(14)7-12(9(11)3)20(15,18)19/h6-8H,5H2,1-4H3. The van der Waals surface area contributed by atoms with Crippen molar-refractivity contribution in [3.63, 3.8) is 0 Å². The van der Waals surface area contributed by atoms with Crippen LogP contribution in [0.15, 0.2) is 21.5 Å². The predicted octanol–water partition coefficient (Wildman–Crippen LogP) is 3.56. The third kappa shape index (κ3) is 3.74. The summed E-state index contributed by atoms with van der Waals surface area (Å²) in [7, 11) is 3.22. The summed E-state index contributed by atoms with van der Waals surface area (Å²) >= 11 is 3.22. The molecule has 112 valence electrons. The maximum atomic E-state index is 12.5. The summed E-state index contributed by atoms with van der Waals surface area (Å²) in [6.07, 6.45) is 0.815. The van der Waals surface area contributed by atoms with Gasteiger partial charge in [0.15, 0.2) is 0 Å². The van der Waals surface area contributed by atoms with Crippen molar-refractivity contribution in [3.8, 4) is 0 Å². The van der Waals surface area contributed by atoms with Crippen LogP contribution >= 0.6 is 26.6 Å². The Morgan fingerprint density at radius 1 is 1.45 bits per heavy atom. The van der Waals surface area contributed by atoms with Gasteiger partial charge in [0.1, 0.15) is 0 Å². The third-order valence-electron chi connectivity index (χ3n) is 3.39. The SMILES string of the molecule is CCC(C)N(C)C(=O)c1cc(Br)cc(S(=O)(=O)Cl)c1C. The van der Waals surface area contributed by atoms with Crippen LogP contribution in [0.25, 0.3) is 0 Å². The van der Waals surface area contributed by atoms with Crippen LogP contribution in [0.3, 0.4) is 0 Å². The maximum absolute atomic E-state index is 12.5. The zero-order valence-electron chi connectivity index (χ0n) is 11.8. The van der Waals surface area contributed by atoms with Gasteiger partial charge in [-0.3, -0.25) is 4.79 Å². The van der Waals surface area contributed by atoms with E-state index in [4.69, 9.17) is 10.7 Å². The largest absolute Gasteiger partial charge is 0.339 e. The first-order valence-electron chi connectivity index (χ1n) is 6.11. The van der Waals surface area contributed by atoms with E-state index in [1.54, 1.807) is 24.9 Å². The van der Waals surface area contributed by atoms with Gasteiger partial charge in [0.2, 0.25) is 0 Å². The molecule has 0 fully saturated rings. The first kappa shape index (κ1) is 17.5. The molecule has 1 atom stereocenters. The summed E-state index contributed by atoms with van der Waals surface area (Å²) in [5.74, 6) is -0.222. The van der Waals surface area contributed by atoms with E-state index in [0.717, 1.165) is 6.42 Å². The summed E-state index contributed by atoms with van der Waals surface area (Å²) in [5, 5.41) is 0. The van der Waals surface area contributed by atoms with E-state index in [-0.39, 0.29) is 16.8 Å². The number of hydrogen-bond acceptors (Lipinski definition) is 3. The fraction of sp³-hybridized carbons (Fsp3) is 0.462. The van der Waals surface area contributed by atoms with E-state index < -0.39 is 9.05 Å². The van der Waals surface area contributed by atoms with Gasteiger partial charge < -0.3 is 4.90 Å². The van der Waals surface area contributed by atoms with Gasteiger partial charge in [-0.25, -0.2) is 8.42 Å². The minimum absolute atomic E-state index is 0.0468. The molecule has 1 amide bonds. The molecule has 0 aromatic heterocycles. The molecule has 7 heteroatoms. The van der Waals surface area contributed by atoms with Gasteiger partial charge in [0, 0.05) is 33.8 Å². The lowest BCUT2D eigenvalue weighted by atomic mass is 10.1. The molecule has 4 nitrogen and oxygen atoms in total. The van der Waals surface area contributed by atoms with E-state index in [0.29, 0.717) is 15.6 Å². The average Bonchev–Trinajstić information content (AvgIpc) is 2.37. The molecule has 1 unspecified atom stereocenters. The molecule has 20 heavy (non-hydrogen) atoms. The second-order valence-electron chi connectivity index (χ2n) is 4.69. The molecule has 0 saturated heterocycles. The van der Waals surface area contributed by atoms with Crippen LogP contribution in [0.4, 0.5) is 0 Å². The number of halogens is 2. The topological polar surface area (TPSA) is 54.5 Å². The van der Waals surface area contributed by atoms with Crippen LogP contribution in [0.5, 0.6) is 0 Å². The minimum atomic E-state index is -3.89. The van der Waals surface area contributed by atoms with E-state index in [9.17, 15) is 13.2 Å². The van der Waals surface area contributed by atoms with E-state index in [1.807, 2.05) is 13.8 Å². The van der Waals surface area contributed by atoms with E-state index in [2.05, 4.69) is 15.9 Å². The molecular weight excluding hydrogens is 366 g/mol. The van der Waals surface area contributed by atoms with Crippen LogP contribution in [-0.4, -0.2) is 32.3 Å². The van der Waals surface area contributed by atoms with Gasteiger partial charge in [-0.05, 0) is 38.0 Å². The van der Waals surface area contributed by atoms with Crippen molar-refractivity contribution >= 4 is 41.6 Å². The van der Waals surface area contributed by atoms with E-state index in [1.165, 1.54) is 6.07 Å². The maximum Gasteiger partial charge on any atom is 0.261 e. The molecule has 0 saturated carbocycles. The Balaban J connectivity index is 3.40. The molecule has 0 spiro atoms. The first-order valence-corrected chi connectivity index (χ1v) is 9.21. The quantitative estimate of drug-likeness (QED) is 0.748. The number of carbonyl (C=O) groups is 1. The second-order valence-corrected chi connectivity index (χ2v) is 8.14. The zero-order valence-corrected chi connectivity index (χ0v) is 14.9. The number of carbonyl (C=O) groups excluding carboxylic acids is 1. The van der Waals surface area contributed by atoms with Crippen LogP contribution in [0.1, 0.15) is 36.2 Å². The molecule has 0 aliphatic carbocycles. The first-order chi connectivity index (χ1) is 9.09. The molecule has 0 N–H and O–H groups in total. The van der Waals surface area contributed by atoms with E-state index >= 15 is 0 Å². The van der Waals surface area contributed by atoms with Crippen molar-refractivity contribution < 1.29 is 13.2 Å². The van der Waals surface area contributed by atoms with Crippen molar-refractivity contribution in [1.29, 1.82) is 0 Å². The van der Waals surface area contributed by atoms with Crippen molar-refractivity contribution in [2.45, 2.75) is 38.1 Å². The summed E-state index contributed by atoms with van der Waals surface area (Å²) in [5.41, 5.74) is 0.699. The Hall–Kier alpha value is -0.590. The summed E-state index contributed by atoms with van der Waals surface area (Å²) in [6.45, 7) is 5.50. The summed E-state index contributed by atoms with van der Waals surface area (Å²) in [4.78, 5) is 14.0. The van der Waals surface area contributed by atoms with Crippen LogP contribution < -0.4 is 0 Å². The Kier molecular flexibility index (Phi) is 5.63. The monoisotopic (exact) mass is 381 g/mol. The fourth-order valence-electron chi connectivity index (χ4n) is 1.79. The Morgan fingerprint density at radius 3 is 2.45 bits per heavy atom. The van der Waals surface area contributed by atoms with Gasteiger partial charge >= 0.3 is 0 Å². The molecule has 0 aliphatic rings. The fourth-order valence-corrected chi connectivity index (χ4v) is 3.63. The summed E-state index contributed by atoms with van der Waals surface area (Å²) < 4.78 is 23.6. The van der Waals surface area contributed by atoms with Gasteiger partial charge in [-0.2, -0.15) is 0 Å². The zero-order chi connectivity index (χ0) is 15.7. The van der Waals surface area contributed by atoms with Crippen molar-refractivity contribution in [3.05, 3.63) is 27.7 Å². The number of amides is 1. The van der Waals surface area contributed by atoms with Crippen LogP contribution in [-0.2, 0) is 9.05 Å². The third-order valence-corrected chi connectivity index (χ3v) is 5.30. The number of benzene rings is 1. The smallest absolute Gasteiger partial charge is 0.261 e. The highest BCUT2D eigenvalue weighted by molar-refractivity contribution is 9.10. The highest BCUT2D eigenvalue weighted by Gasteiger charge is 2.23. The Labute approximate surface area is 132 Å². The van der Waals surface area contributed by atoms with Gasteiger partial charge in [-0.1, -0.05) is 22.9 Å². The molecule has 0 bridgehead atoms. The number of hydrogen-bond donors (Lipinski definition) is 0. The highest BCUT2D eigenvalue weighted by Crippen LogP contribution is 2.28. The molecule has 1 rings (SSSR count). The lowest BCUT2D eigenvalue weighted by Gasteiger charge is -2.25. The number of rotatable bonds is 4. The number of nitrogens with zero attached hydrogens (tertiary/aromatic N) is 1. The van der Waals surface area contributed by atoms with Crippen molar-refractivity contribution in [2.24, 2.45) is 0 Å². The molecule has 1 aromatic rings. The van der Waals surface area contributed by atoms with Gasteiger partial charge in [-0.15, -0.1) is 0 Å². The highest BCUT2D eigenvalue weighted by atomic mass is 79.9. The predicted molar refractivity (Wildman–Crippen MR) is 83.8 cm³/mol. The summed E-state index contributed by atoms with van der Waals surface area (Å²) in [6, 6.07) is 3.08. The Bertz CT molecular complexity index is 631. The minimum Gasteiger partial charge on any atom is -0.339 e. The van der Waals surface area contributed by atoms with Crippen LogP contribution in [0.2, 0.25) is 0 Å². The lowest BCUT2D eigenvalue weighted by Crippen LogP contribution is -2.35.